The average molecular weight is 454 g/mol. The molecule has 0 spiro atoms. The molecule has 0 aliphatic heterocycles. The summed E-state index contributed by atoms with van der Waals surface area (Å²) in [5, 5.41) is 5.59. The van der Waals surface area contributed by atoms with Crippen molar-refractivity contribution in [3.63, 3.8) is 0 Å². The van der Waals surface area contributed by atoms with Crippen molar-refractivity contribution >= 4 is 40.8 Å². The van der Waals surface area contributed by atoms with E-state index in [9.17, 15) is 14.4 Å². The van der Waals surface area contributed by atoms with Crippen LogP contribution in [0.4, 0.5) is 11.4 Å². The fraction of sp³-hybridized carbons (Fsp3) is 0.130. The maximum absolute atomic E-state index is 12.2. The fourth-order valence-electron chi connectivity index (χ4n) is 2.83. The van der Waals surface area contributed by atoms with Crippen molar-refractivity contribution in [3.8, 4) is 11.1 Å². The number of ether oxygens (including phenoxy) is 2. The second-order valence-corrected chi connectivity index (χ2v) is 7.03. The molecule has 0 saturated carbocycles. The molecule has 3 rings (SSSR count). The van der Waals surface area contributed by atoms with E-state index in [2.05, 4.69) is 20.4 Å². The third kappa shape index (κ3) is 6.37. The maximum Gasteiger partial charge on any atom is 0.340 e. The number of methoxy groups -OCH3 is 1. The Kier molecular flexibility index (Phi) is 7.91. The van der Waals surface area contributed by atoms with E-state index in [1.165, 1.54) is 25.3 Å². The van der Waals surface area contributed by atoms with Gasteiger partial charge in [-0.15, -0.1) is 0 Å². The highest BCUT2D eigenvalue weighted by atomic mass is 35.5. The lowest BCUT2D eigenvalue weighted by molar-refractivity contribution is -0.125. The number of anilines is 2. The fourth-order valence-corrected chi connectivity index (χ4v) is 3.01. The number of halogens is 1. The molecule has 1 heterocycles. The summed E-state index contributed by atoms with van der Waals surface area (Å²) >= 11 is 5.89. The van der Waals surface area contributed by atoms with Crippen molar-refractivity contribution in [1.82, 2.24) is 4.98 Å². The molecule has 2 aromatic carbocycles. The van der Waals surface area contributed by atoms with Gasteiger partial charge >= 0.3 is 5.97 Å². The zero-order valence-electron chi connectivity index (χ0n) is 17.1. The van der Waals surface area contributed by atoms with Crippen molar-refractivity contribution in [1.29, 1.82) is 0 Å². The number of rotatable bonds is 8. The molecular weight excluding hydrogens is 434 g/mol. The minimum absolute atomic E-state index is 0.111. The molecule has 0 saturated heterocycles. The van der Waals surface area contributed by atoms with Crippen molar-refractivity contribution in [2.45, 2.75) is 0 Å². The molecule has 3 aromatic rings. The van der Waals surface area contributed by atoms with Crippen molar-refractivity contribution in [2.75, 3.05) is 31.0 Å². The number of hydrogen-bond donors (Lipinski definition) is 2. The molecule has 8 nitrogen and oxygen atoms in total. The van der Waals surface area contributed by atoms with Gasteiger partial charge in [0.05, 0.1) is 18.4 Å². The lowest BCUT2D eigenvalue weighted by Crippen LogP contribution is -2.24. The molecule has 2 amide bonds. The van der Waals surface area contributed by atoms with Crippen molar-refractivity contribution in [2.24, 2.45) is 0 Å². The number of carbonyl (C=O) groups is 3. The standard InChI is InChI=1S/C23H20ClN3O5/c1-31-23(30)19-11-17(24)7-8-20(19)27-22(29)14-32-13-21(28)26-18-6-2-4-15(10-18)16-5-3-9-25-12-16/h2-12H,13-14H2,1H3,(H,26,28)(H,27,29). The number of amides is 2. The van der Waals surface area contributed by atoms with Gasteiger partial charge in [0, 0.05) is 28.7 Å². The Morgan fingerprint density at radius 3 is 2.41 bits per heavy atom. The Morgan fingerprint density at radius 1 is 0.938 bits per heavy atom. The summed E-state index contributed by atoms with van der Waals surface area (Å²) in [5.41, 5.74) is 2.75. The molecule has 0 unspecified atom stereocenters. The summed E-state index contributed by atoms with van der Waals surface area (Å²) in [6.07, 6.45) is 3.42. The van der Waals surface area contributed by atoms with Crippen LogP contribution in [-0.4, -0.2) is 43.1 Å². The number of pyridine rings is 1. The summed E-state index contributed by atoms with van der Waals surface area (Å²) in [6.45, 7) is -0.707. The summed E-state index contributed by atoms with van der Waals surface area (Å²) < 4.78 is 9.87. The molecule has 9 heteroatoms. The first-order valence-corrected chi connectivity index (χ1v) is 9.90. The third-order valence-corrected chi connectivity index (χ3v) is 4.50. The van der Waals surface area contributed by atoms with Crippen LogP contribution in [0, 0.1) is 0 Å². The summed E-state index contributed by atoms with van der Waals surface area (Å²) in [5.74, 6) is -1.59. The van der Waals surface area contributed by atoms with Crippen LogP contribution in [0.3, 0.4) is 0 Å². The quantitative estimate of drug-likeness (QED) is 0.503. The normalized spacial score (nSPS) is 10.3. The van der Waals surface area contributed by atoms with Gasteiger partial charge in [0.25, 0.3) is 0 Å². The van der Waals surface area contributed by atoms with Crippen LogP contribution in [0.1, 0.15) is 10.4 Å². The van der Waals surface area contributed by atoms with Crippen LogP contribution < -0.4 is 10.6 Å². The van der Waals surface area contributed by atoms with Crippen LogP contribution in [0.15, 0.2) is 67.0 Å². The smallest absolute Gasteiger partial charge is 0.340 e. The van der Waals surface area contributed by atoms with Gasteiger partial charge in [-0.2, -0.15) is 0 Å². The highest BCUT2D eigenvalue weighted by Gasteiger charge is 2.15. The lowest BCUT2D eigenvalue weighted by Gasteiger charge is -2.11. The van der Waals surface area contributed by atoms with E-state index in [4.69, 9.17) is 16.3 Å². The Hall–Kier alpha value is -3.75. The topological polar surface area (TPSA) is 107 Å². The van der Waals surface area contributed by atoms with Crippen LogP contribution in [0.5, 0.6) is 0 Å². The van der Waals surface area contributed by atoms with Gasteiger partial charge in [-0.05, 0) is 42.0 Å². The first-order chi connectivity index (χ1) is 15.5. The van der Waals surface area contributed by atoms with Crippen LogP contribution in [-0.2, 0) is 19.1 Å². The number of aromatic nitrogens is 1. The minimum atomic E-state index is -0.642. The monoisotopic (exact) mass is 453 g/mol. The van der Waals surface area contributed by atoms with Gasteiger partial charge in [-0.1, -0.05) is 29.8 Å². The van der Waals surface area contributed by atoms with E-state index in [-0.39, 0.29) is 24.5 Å². The SMILES string of the molecule is COC(=O)c1cc(Cl)ccc1NC(=O)COCC(=O)Nc1cccc(-c2cccnc2)c1. The Bertz CT molecular complexity index is 1120. The molecule has 164 valence electrons. The Balaban J connectivity index is 1.50. The molecule has 2 N–H and O–H groups in total. The zero-order chi connectivity index (χ0) is 22.9. The van der Waals surface area contributed by atoms with Crippen molar-refractivity contribution in [3.05, 3.63) is 77.6 Å². The first kappa shape index (κ1) is 22.9. The first-order valence-electron chi connectivity index (χ1n) is 9.52. The molecular formula is C23H20ClN3O5. The summed E-state index contributed by atoms with van der Waals surface area (Å²) in [6, 6.07) is 15.4. The Morgan fingerprint density at radius 2 is 1.69 bits per heavy atom. The molecule has 0 radical (unpaired) electrons. The van der Waals surface area contributed by atoms with E-state index in [1.807, 2.05) is 30.3 Å². The van der Waals surface area contributed by atoms with Gasteiger partial charge in [0.2, 0.25) is 11.8 Å². The molecule has 1 aromatic heterocycles. The summed E-state index contributed by atoms with van der Waals surface area (Å²) in [7, 11) is 1.23. The van der Waals surface area contributed by atoms with Gasteiger partial charge in [0.1, 0.15) is 13.2 Å². The van der Waals surface area contributed by atoms with E-state index >= 15 is 0 Å². The maximum atomic E-state index is 12.2. The van der Waals surface area contributed by atoms with Crippen molar-refractivity contribution < 1.29 is 23.9 Å². The Labute approximate surface area is 189 Å². The van der Waals surface area contributed by atoms with Gasteiger partial charge in [-0.3, -0.25) is 14.6 Å². The molecule has 0 atom stereocenters. The second kappa shape index (κ2) is 11.0. The summed E-state index contributed by atoms with van der Waals surface area (Å²) in [4.78, 5) is 40.2. The lowest BCUT2D eigenvalue weighted by atomic mass is 10.1. The highest BCUT2D eigenvalue weighted by Crippen LogP contribution is 2.22. The minimum Gasteiger partial charge on any atom is -0.465 e. The predicted molar refractivity (Wildman–Crippen MR) is 121 cm³/mol. The number of benzene rings is 2. The van der Waals surface area contributed by atoms with Gasteiger partial charge < -0.3 is 20.1 Å². The third-order valence-electron chi connectivity index (χ3n) is 4.27. The van der Waals surface area contributed by atoms with E-state index < -0.39 is 17.8 Å². The molecule has 0 aliphatic rings. The van der Waals surface area contributed by atoms with E-state index in [0.717, 1.165) is 11.1 Å². The van der Waals surface area contributed by atoms with E-state index in [1.54, 1.807) is 18.5 Å². The number of carbonyl (C=O) groups excluding carboxylic acids is 3. The highest BCUT2D eigenvalue weighted by molar-refractivity contribution is 6.31. The van der Waals surface area contributed by atoms with Crippen LogP contribution in [0.25, 0.3) is 11.1 Å². The number of esters is 1. The molecule has 0 aliphatic carbocycles. The molecule has 0 fully saturated rings. The zero-order valence-corrected chi connectivity index (χ0v) is 17.9. The predicted octanol–water partition coefficient (Wildman–Crippen LogP) is 3.78. The largest absolute Gasteiger partial charge is 0.465 e. The molecule has 32 heavy (non-hydrogen) atoms. The second-order valence-electron chi connectivity index (χ2n) is 6.59. The number of nitrogens with zero attached hydrogens (tertiary/aromatic N) is 1. The van der Waals surface area contributed by atoms with Gasteiger partial charge in [0.15, 0.2) is 0 Å². The molecule has 0 bridgehead atoms. The van der Waals surface area contributed by atoms with E-state index in [0.29, 0.717) is 10.7 Å². The average Bonchev–Trinajstić information content (AvgIpc) is 2.80. The number of hydrogen-bond acceptors (Lipinski definition) is 6. The number of nitrogens with one attached hydrogen (secondary N) is 2. The van der Waals surface area contributed by atoms with Crippen LogP contribution >= 0.6 is 11.6 Å². The van der Waals surface area contributed by atoms with Gasteiger partial charge in [-0.25, -0.2) is 4.79 Å². The van der Waals surface area contributed by atoms with Crippen LogP contribution in [0.2, 0.25) is 5.02 Å².